The smallest absolute Gasteiger partial charge is 0.262 e. The van der Waals surface area contributed by atoms with Crippen molar-refractivity contribution in [2.75, 3.05) is 4.72 Å². The van der Waals surface area contributed by atoms with Gasteiger partial charge >= 0.3 is 0 Å². The Kier molecular flexibility index (Phi) is 5.58. The molecule has 0 atom stereocenters. The number of hydrogen-bond donors (Lipinski definition) is 2. The number of thiazole rings is 1. The predicted molar refractivity (Wildman–Crippen MR) is 134 cm³/mol. The lowest BCUT2D eigenvalue weighted by atomic mass is 10.1. The number of nitrogens with zero attached hydrogens (tertiary/aromatic N) is 1. The van der Waals surface area contributed by atoms with Crippen LogP contribution in [0.2, 0.25) is 0 Å². The normalized spacial score (nSPS) is 11.8. The summed E-state index contributed by atoms with van der Waals surface area (Å²) in [5.41, 5.74) is 1.25. The fraction of sp³-hybridized carbons (Fsp3) is 0. The van der Waals surface area contributed by atoms with Crippen LogP contribution in [0.4, 0.5) is 5.69 Å². The summed E-state index contributed by atoms with van der Waals surface area (Å²) in [5, 5.41) is 11.8. The van der Waals surface area contributed by atoms with Crippen molar-refractivity contribution in [2.24, 2.45) is 0 Å². The third-order valence-electron chi connectivity index (χ3n) is 4.80. The molecule has 0 fully saturated rings. The SMILES string of the molecule is O=S(=O)(Nc1ccc(O)c(Sc2nc3ccccc3s2)c1)c1ccc(Br)c2ccccc12. The van der Waals surface area contributed by atoms with Gasteiger partial charge in [0.15, 0.2) is 4.34 Å². The number of fused-ring (bicyclic) bond motifs is 2. The first-order chi connectivity index (χ1) is 15.4. The van der Waals surface area contributed by atoms with Crippen LogP contribution in [-0.2, 0) is 10.0 Å². The van der Waals surface area contributed by atoms with Gasteiger partial charge in [0.25, 0.3) is 10.0 Å². The molecule has 1 aromatic heterocycles. The van der Waals surface area contributed by atoms with Crippen LogP contribution in [0.3, 0.4) is 0 Å². The van der Waals surface area contributed by atoms with Gasteiger partial charge in [-0.15, -0.1) is 11.3 Å². The average molecular weight is 543 g/mol. The van der Waals surface area contributed by atoms with Crippen molar-refractivity contribution in [3.05, 3.63) is 83.3 Å². The average Bonchev–Trinajstić information content (AvgIpc) is 3.18. The number of halogens is 1. The van der Waals surface area contributed by atoms with E-state index in [4.69, 9.17) is 0 Å². The Morgan fingerprint density at radius 3 is 2.50 bits per heavy atom. The Labute approximate surface area is 201 Å². The van der Waals surface area contributed by atoms with Crippen LogP contribution in [0.1, 0.15) is 0 Å². The van der Waals surface area contributed by atoms with Crippen molar-refractivity contribution in [1.29, 1.82) is 0 Å². The molecule has 9 heteroatoms. The highest BCUT2D eigenvalue weighted by Crippen LogP contribution is 2.40. The van der Waals surface area contributed by atoms with E-state index < -0.39 is 10.0 Å². The van der Waals surface area contributed by atoms with Gasteiger partial charge in [-0.2, -0.15) is 0 Å². The molecule has 32 heavy (non-hydrogen) atoms. The lowest BCUT2D eigenvalue weighted by Gasteiger charge is -2.12. The minimum atomic E-state index is -3.85. The summed E-state index contributed by atoms with van der Waals surface area (Å²) >= 11 is 6.29. The molecule has 5 aromatic rings. The van der Waals surface area contributed by atoms with Gasteiger partial charge in [0.2, 0.25) is 0 Å². The molecule has 0 radical (unpaired) electrons. The maximum Gasteiger partial charge on any atom is 0.262 e. The number of rotatable bonds is 5. The molecule has 160 valence electrons. The number of anilines is 1. The van der Waals surface area contributed by atoms with Crippen LogP contribution in [0.15, 0.2) is 97.5 Å². The zero-order valence-corrected chi connectivity index (χ0v) is 20.4. The molecule has 0 unspecified atom stereocenters. The van der Waals surface area contributed by atoms with E-state index in [2.05, 4.69) is 25.6 Å². The molecule has 0 bridgehead atoms. The summed E-state index contributed by atoms with van der Waals surface area (Å²) in [7, 11) is -3.85. The topological polar surface area (TPSA) is 79.3 Å². The van der Waals surface area contributed by atoms with Crippen LogP contribution >= 0.6 is 39.0 Å². The largest absolute Gasteiger partial charge is 0.507 e. The Balaban J connectivity index is 1.48. The van der Waals surface area contributed by atoms with Gasteiger partial charge in [-0.3, -0.25) is 4.72 Å². The van der Waals surface area contributed by atoms with E-state index in [0.717, 1.165) is 24.4 Å². The van der Waals surface area contributed by atoms with E-state index in [1.54, 1.807) is 30.3 Å². The minimum Gasteiger partial charge on any atom is -0.507 e. The summed E-state index contributed by atoms with van der Waals surface area (Å²) in [5.74, 6) is 0.0614. The Morgan fingerprint density at radius 2 is 1.69 bits per heavy atom. The summed E-state index contributed by atoms with van der Waals surface area (Å²) in [6.07, 6.45) is 0. The number of aromatic hydroxyl groups is 1. The monoisotopic (exact) mass is 542 g/mol. The molecule has 0 aliphatic carbocycles. The highest BCUT2D eigenvalue weighted by atomic mass is 79.9. The Hall–Kier alpha value is -2.59. The zero-order valence-electron chi connectivity index (χ0n) is 16.3. The van der Waals surface area contributed by atoms with E-state index in [-0.39, 0.29) is 10.6 Å². The second kappa shape index (κ2) is 8.40. The molecule has 2 N–H and O–H groups in total. The fourth-order valence-electron chi connectivity index (χ4n) is 3.33. The number of aromatic nitrogens is 1. The van der Waals surface area contributed by atoms with E-state index in [0.29, 0.717) is 16.0 Å². The highest BCUT2D eigenvalue weighted by molar-refractivity contribution is 9.10. The first-order valence-electron chi connectivity index (χ1n) is 9.47. The molecule has 1 heterocycles. The number of para-hydroxylation sites is 1. The second-order valence-corrected chi connectivity index (χ2v) is 11.8. The number of benzene rings is 4. The summed E-state index contributed by atoms with van der Waals surface area (Å²) in [4.78, 5) is 5.27. The van der Waals surface area contributed by atoms with Crippen molar-refractivity contribution in [3.63, 3.8) is 0 Å². The molecule has 0 amide bonds. The minimum absolute atomic E-state index is 0.0614. The molecule has 5 nitrogen and oxygen atoms in total. The Bertz CT molecular complexity index is 1550. The maximum atomic E-state index is 13.2. The molecule has 0 aliphatic heterocycles. The van der Waals surface area contributed by atoms with Crippen LogP contribution in [0.25, 0.3) is 21.0 Å². The van der Waals surface area contributed by atoms with Gasteiger partial charge < -0.3 is 5.11 Å². The fourth-order valence-corrected chi connectivity index (χ4v) is 7.16. The van der Waals surface area contributed by atoms with Crippen molar-refractivity contribution < 1.29 is 13.5 Å². The predicted octanol–water partition coefficient (Wildman–Crippen LogP) is 6.87. The molecule has 4 aromatic carbocycles. The van der Waals surface area contributed by atoms with Crippen molar-refractivity contribution in [3.8, 4) is 5.75 Å². The molecule has 5 rings (SSSR count). The quantitative estimate of drug-likeness (QED) is 0.237. The number of sulfonamides is 1. The third-order valence-corrected chi connectivity index (χ3v) is 9.08. The van der Waals surface area contributed by atoms with Crippen LogP contribution in [0.5, 0.6) is 5.75 Å². The van der Waals surface area contributed by atoms with E-state index >= 15 is 0 Å². The molecule has 0 saturated heterocycles. The van der Waals surface area contributed by atoms with Gasteiger partial charge in [-0.05, 0) is 47.9 Å². The van der Waals surface area contributed by atoms with E-state index in [1.807, 2.05) is 36.4 Å². The molecule has 0 saturated carbocycles. The standard InChI is InChI=1S/C23H15BrN2O3S3/c24-17-10-12-22(16-6-2-1-5-15(16)17)32(28,29)26-14-9-11-19(27)21(13-14)31-23-25-18-7-3-4-8-20(18)30-23/h1-13,26-27H. The van der Waals surface area contributed by atoms with Gasteiger partial charge in [0.05, 0.1) is 25.7 Å². The maximum absolute atomic E-state index is 13.2. The molecule has 0 aliphatic rings. The Morgan fingerprint density at radius 1 is 0.938 bits per heavy atom. The highest BCUT2D eigenvalue weighted by Gasteiger charge is 2.19. The lowest BCUT2D eigenvalue weighted by Crippen LogP contribution is -2.13. The summed E-state index contributed by atoms with van der Waals surface area (Å²) in [6.45, 7) is 0. The van der Waals surface area contributed by atoms with Crippen molar-refractivity contribution in [2.45, 2.75) is 14.1 Å². The number of nitrogens with one attached hydrogen (secondary N) is 1. The number of phenols is 1. The van der Waals surface area contributed by atoms with Gasteiger partial charge in [0, 0.05) is 9.86 Å². The number of phenolic OH excluding ortho intramolecular Hbond substituents is 1. The third kappa shape index (κ3) is 4.09. The lowest BCUT2D eigenvalue weighted by molar-refractivity contribution is 0.462. The van der Waals surface area contributed by atoms with Gasteiger partial charge in [0.1, 0.15) is 5.75 Å². The number of hydrogen-bond acceptors (Lipinski definition) is 6. The first kappa shape index (κ1) is 21.3. The molecular formula is C23H15BrN2O3S3. The van der Waals surface area contributed by atoms with E-state index in [1.165, 1.54) is 35.2 Å². The van der Waals surface area contributed by atoms with E-state index in [9.17, 15) is 13.5 Å². The van der Waals surface area contributed by atoms with Crippen molar-refractivity contribution >= 4 is 75.7 Å². The summed E-state index contributed by atoms with van der Waals surface area (Å²) in [6, 6.07) is 23.0. The molecular weight excluding hydrogens is 528 g/mol. The van der Waals surface area contributed by atoms with Gasteiger partial charge in [-0.1, -0.05) is 64.1 Å². The summed E-state index contributed by atoms with van der Waals surface area (Å²) < 4.78 is 31.7. The first-order valence-corrected chi connectivity index (χ1v) is 13.4. The van der Waals surface area contributed by atoms with Crippen LogP contribution < -0.4 is 4.72 Å². The van der Waals surface area contributed by atoms with Gasteiger partial charge in [-0.25, -0.2) is 13.4 Å². The van der Waals surface area contributed by atoms with Crippen molar-refractivity contribution in [1.82, 2.24) is 4.98 Å². The second-order valence-electron chi connectivity index (χ2n) is 6.93. The zero-order chi connectivity index (χ0) is 22.3. The molecule has 0 spiro atoms. The van der Waals surface area contributed by atoms with Crippen LogP contribution in [-0.4, -0.2) is 18.5 Å². The van der Waals surface area contributed by atoms with Crippen LogP contribution in [0, 0.1) is 0 Å².